The molecule has 0 unspecified atom stereocenters. The van der Waals surface area contributed by atoms with Gasteiger partial charge in [-0.2, -0.15) is 0 Å². The van der Waals surface area contributed by atoms with Crippen LogP contribution in [0.15, 0.2) is 60.7 Å². The Bertz CT molecular complexity index is 859. The summed E-state index contributed by atoms with van der Waals surface area (Å²) >= 11 is 0. The summed E-state index contributed by atoms with van der Waals surface area (Å²) in [6.45, 7) is 8.58. The van der Waals surface area contributed by atoms with Gasteiger partial charge in [-0.05, 0) is 60.6 Å². The zero-order chi connectivity index (χ0) is 22.1. The largest absolute Gasteiger partial charge is 0.489 e. The molecule has 0 radical (unpaired) electrons. The van der Waals surface area contributed by atoms with Crippen LogP contribution in [0.2, 0.25) is 0 Å². The molecule has 0 saturated heterocycles. The lowest BCUT2D eigenvalue weighted by atomic mass is 9.95. The van der Waals surface area contributed by atoms with E-state index < -0.39 is 11.9 Å². The van der Waals surface area contributed by atoms with Crippen LogP contribution in [0.5, 0.6) is 5.75 Å². The van der Waals surface area contributed by atoms with Crippen LogP contribution < -0.4 is 4.74 Å². The maximum atomic E-state index is 10.4. The summed E-state index contributed by atoms with van der Waals surface area (Å²) in [6, 6.07) is 13.1. The van der Waals surface area contributed by atoms with Crippen molar-refractivity contribution < 1.29 is 20.1 Å². The minimum atomic E-state index is -1.46. The van der Waals surface area contributed by atoms with Gasteiger partial charge in [0.1, 0.15) is 12.4 Å². The second-order valence-electron chi connectivity index (χ2n) is 7.60. The molecule has 2 rings (SSSR count). The molecule has 30 heavy (non-hydrogen) atoms. The SMILES string of the molecule is CCC(=CC=CC(O)(CC)CC)c1cc(OCc2ccc(C(O)O)cc2)ccc1C. The Morgan fingerprint density at radius 3 is 2.27 bits per heavy atom. The van der Waals surface area contributed by atoms with Crippen molar-refractivity contribution in [2.24, 2.45) is 0 Å². The zero-order valence-electron chi connectivity index (χ0n) is 18.4. The lowest BCUT2D eigenvalue weighted by molar-refractivity contribution is -0.0425. The van der Waals surface area contributed by atoms with E-state index in [1.807, 2.05) is 44.2 Å². The fourth-order valence-corrected chi connectivity index (χ4v) is 3.22. The van der Waals surface area contributed by atoms with Crippen molar-refractivity contribution in [1.82, 2.24) is 0 Å². The fourth-order valence-electron chi connectivity index (χ4n) is 3.22. The third kappa shape index (κ3) is 6.56. The van der Waals surface area contributed by atoms with Crippen molar-refractivity contribution in [3.63, 3.8) is 0 Å². The van der Waals surface area contributed by atoms with E-state index >= 15 is 0 Å². The van der Waals surface area contributed by atoms with Crippen LogP contribution in [0.3, 0.4) is 0 Å². The monoisotopic (exact) mass is 410 g/mol. The molecule has 0 aromatic heterocycles. The molecule has 0 heterocycles. The Labute approximate surface area is 180 Å². The molecule has 0 saturated carbocycles. The highest BCUT2D eigenvalue weighted by molar-refractivity contribution is 5.70. The van der Waals surface area contributed by atoms with Crippen molar-refractivity contribution in [2.45, 2.75) is 65.5 Å². The minimum Gasteiger partial charge on any atom is -0.489 e. The molecule has 4 nitrogen and oxygen atoms in total. The van der Waals surface area contributed by atoms with Crippen LogP contribution in [-0.4, -0.2) is 20.9 Å². The summed E-state index contributed by atoms with van der Waals surface area (Å²) in [5.74, 6) is 0.781. The predicted octanol–water partition coefficient (Wildman–Crippen LogP) is 5.46. The van der Waals surface area contributed by atoms with Gasteiger partial charge in [0.15, 0.2) is 6.29 Å². The van der Waals surface area contributed by atoms with Crippen LogP contribution in [-0.2, 0) is 6.61 Å². The molecule has 4 heteroatoms. The van der Waals surface area contributed by atoms with Gasteiger partial charge in [0.2, 0.25) is 0 Å². The maximum Gasteiger partial charge on any atom is 0.178 e. The number of aliphatic hydroxyl groups excluding tert-OH is 1. The third-order valence-corrected chi connectivity index (χ3v) is 5.55. The number of allylic oxidation sites excluding steroid dienone is 3. The van der Waals surface area contributed by atoms with Crippen LogP contribution >= 0.6 is 0 Å². The Morgan fingerprint density at radius 2 is 1.70 bits per heavy atom. The quantitative estimate of drug-likeness (QED) is 0.359. The molecular formula is C26H34O4. The number of benzene rings is 2. The average molecular weight is 411 g/mol. The van der Waals surface area contributed by atoms with E-state index in [4.69, 9.17) is 4.74 Å². The van der Waals surface area contributed by atoms with Crippen molar-refractivity contribution in [1.29, 1.82) is 0 Å². The van der Waals surface area contributed by atoms with Crippen LogP contribution in [0.1, 0.15) is 68.6 Å². The molecule has 0 fully saturated rings. The molecule has 0 aliphatic carbocycles. The molecule has 2 aromatic carbocycles. The summed E-state index contributed by atoms with van der Waals surface area (Å²) in [6.07, 6.45) is 6.70. The molecule has 0 aliphatic rings. The summed E-state index contributed by atoms with van der Waals surface area (Å²) in [7, 11) is 0. The van der Waals surface area contributed by atoms with Crippen molar-refractivity contribution in [2.75, 3.05) is 0 Å². The van der Waals surface area contributed by atoms with Gasteiger partial charge in [-0.1, -0.05) is 69.3 Å². The van der Waals surface area contributed by atoms with Crippen molar-refractivity contribution in [3.8, 4) is 5.75 Å². The molecule has 162 valence electrons. The lowest BCUT2D eigenvalue weighted by Crippen LogP contribution is -2.22. The van der Waals surface area contributed by atoms with Gasteiger partial charge in [0.25, 0.3) is 0 Å². The van der Waals surface area contributed by atoms with E-state index in [9.17, 15) is 15.3 Å². The second-order valence-corrected chi connectivity index (χ2v) is 7.60. The van der Waals surface area contributed by atoms with Gasteiger partial charge in [0, 0.05) is 5.56 Å². The number of ether oxygens (including phenoxy) is 1. The molecule has 2 aromatic rings. The highest BCUT2D eigenvalue weighted by Gasteiger charge is 2.17. The van der Waals surface area contributed by atoms with E-state index in [1.165, 1.54) is 11.1 Å². The van der Waals surface area contributed by atoms with Gasteiger partial charge in [-0.15, -0.1) is 0 Å². The Hall–Kier alpha value is -2.40. The first-order chi connectivity index (χ1) is 14.3. The van der Waals surface area contributed by atoms with E-state index in [2.05, 4.69) is 32.1 Å². The first-order valence-corrected chi connectivity index (χ1v) is 10.6. The predicted molar refractivity (Wildman–Crippen MR) is 122 cm³/mol. The van der Waals surface area contributed by atoms with Gasteiger partial charge in [-0.3, -0.25) is 0 Å². The molecule has 0 bridgehead atoms. The number of aliphatic hydroxyl groups is 3. The molecule has 0 atom stereocenters. The molecule has 0 aliphatic heterocycles. The summed E-state index contributed by atoms with van der Waals surface area (Å²) in [5.41, 5.74) is 4.15. The molecule has 0 amide bonds. The minimum absolute atomic E-state index is 0.398. The Balaban J connectivity index is 2.16. The van der Waals surface area contributed by atoms with E-state index in [-0.39, 0.29) is 0 Å². The van der Waals surface area contributed by atoms with E-state index in [1.54, 1.807) is 12.1 Å². The van der Waals surface area contributed by atoms with Gasteiger partial charge >= 0.3 is 0 Å². The summed E-state index contributed by atoms with van der Waals surface area (Å²) in [5, 5.41) is 28.8. The first-order valence-electron chi connectivity index (χ1n) is 10.6. The van der Waals surface area contributed by atoms with Gasteiger partial charge in [-0.25, -0.2) is 0 Å². The first kappa shape index (κ1) is 23.9. The Morgan fingerprint density at radius 1 is 1.03 bits per heavy atom. The summed E-state index contributed by atoms with van der Waals surface area (Å²) in [4.78, 5) is 0. The maximum absolute atomic E-state index is 10.4. The second kappa shape index (κ2) is 11.1. The fraction of sp³-hybridized carbons (Fsp3) is 0.385. The summed E-state index contributed by atoms with van der Waals surface area (Å²) < 4.78 is 5.97. The number of rotatable bonds is 10. The van der Waals surface area contributed by atoms with Crippen LogP contribution in [0.4, 0.5) is 0 Å². The highest BCUT2D eigenvalue weighted by Crippen LogP contribution is 2.27. The average Bonchev–Trinajstić information content (AvgIpc) is 2.76. The van der Waals surface area contributed by atoms with E-state index in [0.717, 1.165) is 23.3 Å². The van der Waals surface area contributed by atoms with E-state index in [0.29, 0.717) is 25.0 Å². The molecule has 0 spiro atoms. The smallest absolute Gasteiger partial charge is 0.178 e. The molecular weight excluding hydrogens is 376 g/mol. The third-order valence-electron chi connectivity index (χ3n) is 5.55. The van der Waals surface area contributed by atoms with Gasteiger partial charge in [0.05, 0.1) is 5.60 Å². The van der Waals surface area contributed by atoms with Crippen molar-refractivity contribution in [3.05, 3.63) is 82.9 Å². The lowest BCUT2D eigenvalue weighted by Gasteiger charge is -2.20. The van der Waals surface area contributed by atoms with Crippen LogP contribution in [0.25, 0.3) is 5.57 Å². The molecule has 3 N–H and O–H groups in total. The van der Waals surface area contributed by atoms with Crippen LogP contribution in [0, 0.1) is 6.92 Å². The normalized spacial score (nSPS) is 12.7. The van der Waals surface area contributed by atoms with Crippen molar-refractivity contribution >= 4 is 5.57 Å². The standard InChI is InChI=1S/C26H34O4/c1-5-21(9-8-16-26(29,6-2)7-3)24-17-23(15-10-19(24)4)30-18-20-11-13-22(14-12-20)25(27)28/h8-17,25,27-29H,5-7,18H2,1-4H3. The number of hydrogen-bond acceptors (Lipinski definition) is 4. The zero-order valence-corrected chi connectivity index (χ0v) is 18.4. The van der Waals surface area contributed by atoms with Gasteiger partial charge < -0.3 is 20.1 Å². The topological polar surface area (TPSA) is 69.9 Å². The highest BCUT2D eigenvalue weighted by atomic mass is 16.5. The Kier molecular flexibility index (Phi) is 8.85. The number of aryl methyl sites for hydroxylation is 1. The number of hydrogen-bond donors (Lipinski definition) is 3.